The fourth-order valence-electron chi connectivity index (χ4n) is 3.79. The molecule has 1 heterocycles. The molecule has 2 amide bonds. The van der Waals surface area contributed by atoms with Gasteiger partial charge in [0.15, 0.2) is 0 Å². The SMILES string of the molecule is CC(=O)Nc1ccccc1-c1nc2ccccc2n(C(C)C(=O)Nc2cc(Cl)ccc2C)c1=O. The highest BCUT2D eigenvalue weighted by Gasteiger charge is 2.23. The van der Waals surface area contributed by atoms with E-state index < -0.39 is 11.6 Å². The minimum atomic E-state index is -0.856. The molecule has 0 spiro atoms. The molecular formula is C26H23ClN4O3. The number of carbonyl (C=O) groups excluding carboxylic acids is 2. The maximum atomic E-state index is 13.7. The summed E-state index contributed by atoms with van der Waals surface area (Å²) in [7, 11) is 0. The Kier molecular flexibility index (Phi) is 6.47. The first-order chi connectivity index (χ1) is 16.3. The molecule has 1 atom stereocenters. The molecule has 0 aliphatic carbocycles. The largest absolute Gasteiger partial charge is 0.326 e. The Hall–Kier alpha value is -3.97. The zero-order valence-electron chi connectivity index (χ0n) is 18.9. The van der Waals surface area contributed by atoms with E-state index in [1.54, 1.807) is 61.5 Å². The van der Waals surface area contributed by atoms with E-state index in [0.29, 0.717) is 33.0 Å². The van der Waals surface area contributed by atoms with Gasteiger partial charge in [-0.3, -0.25) is 19.0 Å². The van der Waals surface area contributed by atoms with Crippen molar-refractivity contribution in [3.63, 3.8) is 0 Å². The highest BCUT2D eigenvalue weighted by atomic mass is 35.5. The fourth-order valence-corrected chi connectivity index (χ4v) is 3.96. The summed E-state index contributed by atoms with van der Waals surface area (Å²) in [5, 5.41) is 6.12. The lowest BCUT2D eigenvalue weighted by Crippen LogP contribution is -2.33. The van der Waals surface area contributed by atoms with Crippen molar-refractivity contribution in [1.82, 2.24) is 9.55 Å². The van der Waals surface area contributed by atoms with Crippen molar-refractivity contribution in [3.05, 3.63) is 87.7 Å². The average molecular weight is 475 g/mol. The van der Waals surface area contributed by atoms with Crippen LogP contribution in [0, 0.1) is 6.92 Å². The van der Waals surface area contributed by atoms with Crippen LogP contribution in [0.25, 0.3) is 22.3 Å². The van der Waals surface area contributed by atoms with Crippen molar-refractivity contribution >= 4 is 45.8 Å². The Balaban J connectivity index is 1.86. The molecule has 0 aliphatic rings. The minimum Gasteiger partial charge on any atom is -0.326 e. The number of rotatable bonds is 5. The van der Waals surface area contributed by atoms with E-state index >= 15 is 0 Å². The summed E-state index contributed by atoms with van der Waals surface area (Å²) in [6, 6.07) is 18.5. The lowest BCUT2D eigenvalue weighted by Gasteiger charge is -2.20. The quantitative estimate of drug-likeness (QED) is 0.416. The van der Waals surface area contributed by atoms with Crippen molar-refractivity contribution in [1.29, 1.82) is 0 Å². The number of nitrogens with one attached hydrogen (secondary N) is 2. The van der Waals surface area contributed by atoms with Crippen LogP contribution < -0.4 is 16.2 Å². The molecule has 0 saturated carbocycles. The number of hydrogen-bond donors (Lipinski definition) is 2. The standard InChI is InChI=1S/C26H23ClN4O3/c1-15-12-13-18(27)14-22(15)30-25(33)16(2)31-23-11-7-6-10-21(23)29-24(26(31)34)19-8-4-5-9-20(19)28-17(3)32/h4-14,16H,1-3H3,(H,28,32)(H,30,33). The van der Waals surface area contributed by atoms with Crippen LogP contribution in [-0.4, -0.2) is 21.4 Å². The normalized spacial score (nSPS) is 11.8. The number of carbonyl (C=O) groups is 2. The van der Waals surface area contributed by atoms with Crippen molar-refractivity contribution in [3.8, 4) is 11.3 Å². The van der Waals surface area contributed by atoms with Crippen LogP contribution in [-0.2, 0) is 9.59 Å². The molecular weight excluding hydrogens is 452 g/mol. The first-order valence-corrected chi connectivity index (χ1v) is 11.1. The van der Waals surface area contributed by atoms with E-state index in [-0.39, 0.29) is 17.5 Å². The molecule has 1 unspecified atom stereocenters. The molecule has 1 aromatic heterocycles. The number of halogens is 1. The van der Waals surface area contributed by atoms with Crippen LogP contribution in [0.3, 0.4) is 0 Å². The second kappa shape index (κ2) is 9.49. The van der Waals surface area contributed by atoms with Crippen LogP contribution >= 0.6 is 11.6 Å². The lowest BCUT2D eigenvalue weighted by atomic mass is 10.1. The van der Waals surface area contributed by atoms with E-state index in [4.69, 9.17) is 11.6 Å². The molecule has 0 aliphatic heterocycles. The summed E-state index contributed by atoms with van der Waals surface area (Å²) in [6.07, 6.45) is 0. The molecule has 172 valence electrons. The summed E-state index contributed by atoms with van der Waals surface area (Å²) in [6.45, 7) is 4.92. The Morgan fingerprint density at radius 3 is 2.44 bits per heavy atom. The summed E-state index contributed by atoms with van der Waals surface area (Å²) in [4.78, 5) is 43.3. The fraction of sp³-hybridized carbons (Fsp3) is 0.154. The topological polar surface area (TPSA) is 93.1 Å². The van der Waals surface area contributed by atoms with E-state index in [1.165, 1.54) is 11.5 Å². The van der Waals surface area contributed by atoms with E-state index in [0.717, 1.165) is 5.56 Å². The number of para-hydroxylation sites is 3. The number of nitrogens with zero attached hydrogens (tertiary/aromatic N) is 2. The van der Waals surface area contributed by atoms with Crippen molar-refractivity contribution in [2.45, 2.75) is 26.8 Å². The van der Waals surface area contributed by atoms with Gasteiger partial charge in [-0.25, -0.2) is 4.98 Å². The average Bonchev–Trinajstić information content (AvgIpc) is 2.81. The summed E-state index contributed by atoms with van der Waals surface area (Å²) < 4.78 is 1.43. The van der Waals surface area contributed by atoms with Gasteiger partial charge in [0, 0.05) is 23.2 Å². The Morgan fingerprint density at radius 2 is 1.68 bits per heavy atom. The van der Waals surface area contributed by atoms with Crippen LogP contribution in [0.15, 0.2) is 71.5 Å². The van der Waals surface area contributed by atoms with Gasteiger partial charge in [0.25, 0.3) is 5.56 Å². The molecule has 0 fully saturated rings. The summed E-state index contributed by atoms with van der Waals surface area (Å²) in [5.74, 6) is -0.636. The second-order valence-electron chi connectivity index (χ2n) is 7.98. The highest BCUT2D eigenvalue weighted by molar-refractivity contribution is 6.31. The van der Waals surface area contributed by atoms with Crippen molar-refractivity contribution in [2.24, 2.45) is 0 Å². The van der Waals surface area contributed by atoms with Gasteiger partial charge in [0.1, 0.15) is 11.7 Å². The highest BCUT2D eigenvalue weighted by Crippen LogP contribution is 2.27. The Bertz CT molecular complexity index is 1480. The molecule has 4 rings (SSSR count). The predicted octanol–water partition coefficient (Wildman–Crippen LogP) is 5.18. The van der Waals surface area contributed by atoms with E-state index in [1.807, 2.05) is 19.1 Å². The van der Waals surface area contributed by atoms with Crippen LogP contribution in [0.4, 0.5) is 11.4 Å². The van der Waals surface area contributed by atoms with Crippen molar-refractivity contribution in [2.75, 3.05) is 10.6 Å². The van der Waals surface area contributed by atoms with Gasteiger partial charge in [0.05, 0.1) is 16.7 Å². The van der Waals surface area contributed by atoms with E-state index in [2.05, 4.69) is 15.6 Å². The predicted molar refractivity (Wildman–Crippen MR) is 135 cm³/mol. The number of aryl methyl sites for hydroxylation is 1. The molecule has 3 aromatic carbocycles. The number of anilines is 2. The third-order valence-corrected chi connectivity index (χ3v) is 5.75. The van der Waals surface area contributed by atoms with Gasteiger partial charge in [-0.15, -0.1) is 0 Å². The molecule has 0 bridgehead atoms. The molecule has 4 aromatic rings. The third kappa shape index (κ3) is 4.56. The summed E-state index contributed by atoms with van der Waals surface area (Å²) >= 11 is 6.09. The number of benzene rings is 3. The molecule has 2 N–H and O–H groups in total. The molecule has 8 heteroatoms. The molecule has 0 saturated heterocycles. The number of fused-ring (bicyclic) bond motifs is 1. The number of hydrogen-bond acceptors (Lipinski definition) is 4. The smallest absolute Gasteiger partial charge is 0.278 e. The van der Waals surface area contributed by atoms with Crippen LogP contribution in [0.5, 0.6) is 0 Å². The Labute approximate surface area is 201 Å². The first-order valence-electron chi connectivity index (χ1n) is 10.7. The van der Waals surface area contributed by atoms with Gasteiger partial charge < -0.3 is 10.6 Å². The van der Waals surface area contributed by atoms with Crippen molar-refractivity contribution < 1.29 is 9.59 Å². The zero-order valence-corrected chi connectivity index (χ0v) is 19.7. The maximum absolute atomic E-state index is 13.7. The zero-order chi connectivity index (χ0) is 24.4. The lowest BCUT2D eigenvalue weighted by molar-refractivity contribution is -0.118. The second-order valence-corrected chi connectivity index (χ2v) is 8.41. The first kappa shape index (κ1) is 23.2. The van der Waals surface area contributed by atoms with E-state index in [9.17, 15) is 14.4 Å². The summed E-state index contributed by atoms with van der Waals surface area (Å²) in [5.41, 5.74) is 3.14. The molecule has 7 nitrogen and oxygen atoms in total. The van der Waals surface area contributed by atoms with Crippen LogP contribution in [0.1, 0.15) is 25.5 Å². The minimum absolute atomic E-state index is 0.140. The molecule has 0 radical (unpaired) electrons. The van der Waals surface area contributed by atoms with Gasteiger partial charge in [-0.2, -0.15) is 0 Å². The van der Waals surface area contributed by atoms with Crippen LogP contribution in [0.2, 0.25) is 5.02 Å². The van der Waals surface area contributed by atoms with Gasteiger partial charge >= 0.3 is 0 Å². The third-order valence-electron chi connectivity index (χ3n) is 5.51. The molecule has 34 heavy (non-hydrogen) atoms. The van der Waals surface area contributed by atoms with Gasteiger partial charge in [0.2, 0.25) is 11.8 Å². The maximum Gasteiger partial charge on any atom is 0.278 e. The monoisotopic (exact) mass is 474 g/mol. The Morgan fingerprint density at radius 1 is 0.971 bits per heavy atom. The van der Waals surface area contributed by atoms with Gasteiger partial charge in [-0.1, -0.05) is 48.0 Å². The number of aromatic nitrogens is 2. The number of amides is 2. The van der Waals surface area contributed by atoms with Gasteiger partial charge in [-0.05, 0) is 49.7 Å².